The van der Waals surface area contributed by atoms with Crippen LogP contribution >= 0.6 is 0 Å². The largest absolute Gasteiger partial charge is 0.444 e. The molecule has 0 atom stereocenters. The van der Waals surface area contributed by atoms with Crippen LogP contribution in [0.1, 0.15) is 18.6 Å². The van der Waals surface area contributed by atoms with E-state index in [0.29, 0.717) is 34.9 Å². The zero-order chi connectivity index (χ0) is 14.1. The molecule has 3 aromatic rings. The lowest BCUT2D eigenvalue weighted by Crippen LogP contribution is -2.02. The minimum absolute atomic E-state index is 0.414. The Bertz CT molecular complexity index is 799. The van der Waals surface area contributed by atoms with Gasteiger partial charge in [0.2, 0.25) is 5.89 Å². The lowest BCUT2D eigenvalue weighted by Gasteiger charge is -2.07. The van der Waals surface area contributed by atoms with E-state index in [4.69, 9.17) is 14.6 Å². The summed E-state index contributed by atoms with van der Waals surface area (Å²) in [6.07, 6.45) is 2.51. The predicted molar refractivity (Wildman–Crippen MR) is 74.5 cm³/mol. The van der Waals surface area contributed by atoms with Crippen LogP contribution in [0.4, 0.5) is 11.4 Å². The normalized spacial score (nSPS) is 11.1. The summed E-state index contributed by atoms with van der Waals surface area (Å²) in [5, 5.41) is 3.12. The number of hydrogen-bond donors (Lipinski definition) is 3. The minimum atomic E-state index is -0.503. The molecular weight excluding hydrogens is 260 g/mol. The van der Waals surface area contributed by atoms with Crippen molar-refractivity contribution in [1.82, 2.24) is 9.97 Å². The third kappa shape index (κ3) is 2.25. The second-order valence-electron chi connectivity index (χ2n) is 4.38. The number of benzene rings is 1. The molecule has 0 aliphatic carbocycles. The molecule has 0 amide bonds. The van der Waals surface area contributed by atoms with Gasteiger partial charge in [-0.25, -0.2) is 9.78 Å². The summed E-state index contributed by atoms with van der Waals surface area (Å²) in [7, 11) is 0. The summed E-state index contributed by atoms with van der Waals surface area (Å²) in [4.78, 5) is 17.9. The van der Waals surface area contributed by atoms with E-state index in [1.165, 1.54) is 0 Å². The maximum Gasteiger partial charge on any atom is 0.417 e. The zero-order valence-corrected chi connectivity index (χ0v) is 10.9. The first-order valence-corrected chi connectivity index (χ1v) is 6.25. The summed E-state index contributed by atoms with van der Waals surface area (Å²) in [5.74, 6) is 0.920. The maximum absolute atomic E-state index is 11.1. The molecule has 0 spiro atoms. The maximum atomic E-state index is 11.1. The third-order valence-electron chi connectivity index (χ3n) is 2.97. The number of aromatic nitrogens is 2. The number of nitrogen functional groups attached to an aromatic ring is 1. The average molecular weight is 274 g/mol. The number of aryl methyl sites for hydroxylation is 1. The molecule has 0 radical (unpaired) electrons. The lowest BCUT2D eigenvalue weighted by atomic mass is 10.2. The van der Waals surface area contributed by atoms with E-state index in [2.05, 4.69) is 15.3 Å². The van der Waals surface area contributed by atoms with Crippen molar-refractivity contribution in [2.75, 3.05) is 11.1 Å². The van der Waals surface area contributed by atoms with Gasteiger partial charge in [-0.3, -0.25) is 4.98 Å². The number of H-pyrrole nitrogens is 1. The van der Waals surface area contributed by atoms with E-state index in [-0.39, 0.29) is 0 Å². The Morgan fingerprint density at radius 3 is 3.00 bits per heavy atom. The summed E-state index contributed by atoms with van der Waals surface area (Å²) in [5.41, 5.74) is 8.10. The van der Waals surface area contributed by atoms with Crippen molar-refractivity contribution in [3.8, 4) is 0 Å². The van der Waals surface area contributed by atoms with Crippen molar-refractivity contribution in [2.45, 2.75) is 19.9 Å². The third-order valence-corrected chi connectivity index (χ3v) is 2.97. The van der Waals surface area contributed by atoms with Gasteiger partial charge < -0.3 is 19.9 Å². The highest BCUT2D eigenvalue weighted by atomic mass is 16.4. The van der Waals surface area contributed by atoms with Crippen LogP contribution in [0, 0.1) is 0 Å². The Balaban J connectivity index is 1.82. The molecule has 0 saturated heterocycles. The van der Waals surface area contributed by atoms with Gasteiger partial charge in [0.05, 0.1) is 29.6 Å². The first kappa shape index (κ1) is 12.3. The minimum Gasteiger partial charge on any atom is -0.444 e. The van der Waals surface area contributed by atoms with Crippen molar-refractivity contribution >= 4 is 22.5 Å². The first-order chi connectivity index (χ1) is 9.65. The molecule has 104 valence electrons. The molecule has 0 aliphatic rings. The van der Waals surface area contributed by atoms with Gasteiger partial charge in [-0.15, -0.1) is 0 Å². The summed E-state index contributed by atoms with van der Waals surface area (Å²) in [6, 6.07) is 3.32. The van der Waals surface area contributed by atoms with Crippen LogP contribution in [0.2, 0.25) is 0 Å². The van der Waals surface area contributed by atoms with Crippen molar-refractivity contribution in [3.05, 3.63) is 40.5 Å². The number of nitrogens with zero attached hydrogens (tertiary/aromatic N) is 1. The molecule has 0 saturated carbocycles. The number of nitrogens with two attached hydrogens (primary N) is 1. The summed E-state index contributed by atoms with van der Waals surface area (Å²) in [6.45, 7) is 2.41. The Morgan fingerprint density at radius 2 is 2.25 bits per heavy atom. The predicted octanol–water partition coefficient (Wildman–Crippen LogP) is 1.87. The highest BCUT2D eigenvalue weighted by molar-refractivity contribution is 5.85. The van der Waals surface area contributed by atoms with Crippen LogP contribution in [0.3, 0.4) is 0 Å². The number of nitrogens with one attached hydrogen (secondary N) is 2. The van der Waals surface area contributed by atoms with E-state index in [0.717, 1.165) is 12.2 Å². The molecule has 20 heavy (non-hydrogen) atoms. The monoisotopic (exact) mass is 274 g/mol. The number of oxazole rings is 2. The van der Waals surface area contributed by atoms with Gasteiger partial charge in [0.15, 0.2) is 5.58 Å². The number of anilines is 2. The van der Waals surface area contributed by atoms with Crippen LogP contribution in [0.15, 0.2) is 32.0 Å². The van der Waals surface area contributed by atoms with Crippen molar-refractivity contribution in [1.29, 1.82) is 0 Å². The van der Waals surface area contributed by atoms with Gasteiger partial charge in [-0.2, -0.15) is 0 Å². The number of aromatic amines is 1. The van der Waals surface area contributed by atoms with Gasteiger partial charge in [-0.05, 0) is 6.07 Å². The van der Waals surface area contributed by atoms with Gasteiger partial charge in [0, 0.05) is 12.5 Å². The highest BCUT2D eigenvalue weighted by Gasteiger charge is 2.08. The van der Waals surface area contributed by atoms with E-state index in [1.807, 2.05) is 6.92 Å². The van der Waals surface area contributed by atoms with Crippen LogP contribution in [0.25, 0.3) is 11.1 Å². The topological polar surface area (TPSA) is 110 Å². The van der Waals surface area contributed by atoms with E-state index in [1.54, 1.807) is 18.3 Å². The Kier molecular flexibility index (Phi) is 2.94. The molecular formula is C13H14N4O3. The molecule has 3 rings (SSSR count). The summed E-state index contributed by atoms with van der Waals surface area (Å²) < 4.78 is 10.4. The molecule has 7 heteroatoms. The second kappa shape index (κ2) is 4.76. The smallest absolute Gasteiger partial charge is 0.417 e. The van der Waals surface area contributed by atoms with Crippen LogP contribution < -0.4 is 16.8 Å². The fourth-order valence-corrected chi connectivity index (χ4v) is 1.93. The lowest BCUT2D eigenvalue weighted by molar-refractivity contribution is 0.466. The fourth-order valence-electron chi connectivity index (χ4n) is 1.93. The molecule has 2 aromatic heterocycles. The van der Waals surface area contributed by atoms with Crippen molar-refractivity contribution < 1.29 is 8.83 Å². The average Bonchev–Trinajstić information content (AvgIpc) is 3.01. The fraction of sp³-hybridized carbons (Fsp3) is 0.231. The molecule has 0 aliphatic heterocycles. The number of fused-ring (bicyclic) bond motifs is 1. The van der Waals surface area contributed by atoms with E-state index < -0.39 is 5.76 Å². The number of rotatable bonds is 4. The SMILES string of the molecule is CCc1cnc(CNc2cc3[nH]c(=O)oc3cc2N)o1. The summed E-state index contributed by atoms with van der Waals surface area (Å²) >= 11 is 0. The molecule has 7 nitrogen and oxygen atoms in total. The Morgan fingerprint density at radius 1 is 1.40 bits per heavy atom. The quantitative estimate of drug-likeness (QED) is 0.626. The van der Waals surface area contributed by atoms with Gasteiger partial charge in [0.25, 0.3) is 0 Å². The molecule has 0 bridgehead atoms. The van der Waals surface area contributed by atoms with Crippen LogP contribution in [0.5, 0.6) is 0 Å². The molecule has 2 heterocycles. The second-order valence-corrected chi connectivity index (χ2v) is 4.38. The van der Waals surface area contributed by atoms with E-state index in [9.17, 15) is 4.79 Å². The van der Waals surface area contributed by atoms with Crippen LogP contribution in [-0.4, -0.2) is 9.97 Å². The molecule has 0 fully saturated rings. The molecule has 4 N–H and O–H groups in total. The highest BCUT2D eigenvalue weighted by Crippen LogP contribution is 2.24. The standard InChI is InChI=1S/C13H14N4O3/c1-2-7-5-16-12(19-7)6-15-9-4-10-11(3-8(9)14)20-13(18)17-10/h3-5,15H,2,6,14H2,1H3,(H,17,18). The number of hydrogen-bond acceptors (Lipinski definition) is 6. The first-order valence-electron chi connectivity index (χ1n) is 6.25. The molecule has 0 unspecified atom stereocenters. The van der Waals surface area contributed by atoms with Gasteiger partial charge in [-0.1, -0.05) is 6.92 Å². The van der Waals surface area contributed by atoms with Crippen molar-refractivity contribution in [2.24, 2.45) is 0 Å². The Hall–Kier alpha value is -2.70. The van der Waals surface area contributed by atoms with Crippen molar-refractivity contribution in [3.63, 3.8) is 0 Å². The molecule has 1 aromatic carbocycles. The van der Waals surface area contributed by atoms with Crippen LogP contribution in [-0.2, 0) is 13.0 Å². The van der Waals surface area contributed by atoms with Gasteiger partial charge >= 0.3 is 5.76 Å². The van der Waals surface area contributed by atoms with E-state index >= 15 is 0 Å². The Labute approximate surface area is 113 Å². The van der Waals surface area contributed by atoms with Gasteiger partial charge in [0.1, 0.15) is 5.76 Å². The zero-order valence-electron chi connectivity index (χ0n) is 10.9.